The van der Waals surface area contributed by atoms with Crippen LogP contribution in [0.1, 0.15) is 26.3 Å². The molecule has 0 aromatic heterocycles. The predicted octanol–water partition coefficient (Wildman–Crippen LogP) is 2.20. The van der Waals surface area contributed by atoms with Crippen molar-refractivity contribution < 1.29 is 14.6 Å². The molecule has 0 atom stereocenters. The Labute approximate surface area is 101 Å². The van der Waals surface area contributed by atoms with E-state index in [2.05, 4.69) is 5.32 Å². The van der Waals surface area contributed by atoms with Gasteiger partial charge in [0, 0.05) is 6.54 Å². The fraction of sp³-hybridized carbons (Fsp3) is 0.417. The number of amides is 1. The smallest absolute Gasteiger partial charge is 0.412 e. The van der Waals surface area contributed by atoms with Gasteiger partial charge >= 0.3 is 6.09 Å². The van der Waals surface area contributed by atoms with Crippen LogP contribution in [0.15, 0.2) is 18.2 Å². The molecule has 0 saturated carbocycles. The molecule has 94 valence electrons. The summed E-state index contributed by atoms with van der Waals surface area (Å²) in [7, 11) is 0. The molecule has 0 saturated heterocycles. The lowest BCUT2D eigenvalue weighted by Crippen LogP contribution is -2.27. The van der Waals surface area contributed by atoms with E-state index in [1.54, 1.807) is 32.9 Å². The second-order valence-electron chi connectivity index (χ2n) is 4.68. The standard InChI is InChI=1S/C12H18N2O3/c1-12(2,3)17-11(16)14-9-5-4-8(7-13)6-10(9)15/h4-6,15H,7,13H2,1-3H3,(H,14,16). The maximum absolute atomic E-state index is 11.5. The quantitative estimate of drug-likeness (QED) is 0.689. The van der Waals surface area contributed by atoms with Crippen molar-refractivity contribution in [1.29, 1.82) is 0 Å². The zero-order valence-corrected chi connectivity index (χ0v) is 10.3. The SMILES string of the molecule is CC(C)(C)OC(=O)Nc1ccc(CN)cc1O. The molecular weight excluding hydrogens is 220 g/mol. The number of phenolic OH excluding ortho intramolecular Hbond substituents is 1. The van der Waals surface area contributed by atoms with E-state index in [4.69, 9.17) is 10.5 Å². The molecule has 0 aliphatic rings. The van der Waals surface area contributed by atoms with E-state index >= 15 is 0 Å². The van der Waals surface area contributed by atoms with Crippen LogP contribution in [0.2, 0.25) is 0 Å². The van der Waals surface area contributed by atoms with Gasteiger partial charge in [-0.15, -0.1) is 0 Å². The number of phenols is 1. The molecule has 5 nitrogen and oxygen atoms in total. The number of hydrogen-bond donors (Lipinski definition) is 3. The van der Waals surface area contributed by atoms with Crippen LogP contribution in [0.5, 0.6) is 5.75 Å². The Morgan fingerprint density at radius 3 is 2.59 bits per heavy atom. The van der Waals surface area contributed by atoms with Gasteiger partial charge < -0.3 is 15.6 Å². The molecular formula is C12H18N2O3. The molecule has 1 rings (SSSR count). The Kier molecular flexibility index (Phi) is 3.96. The number of anilines is 1. The van der Waals surface area contributed by atoms with Crippen LogP contribution in [0.3, 0.4) is 0 Å². The second-order valence-corrected chi connectivity index (χ2v) is 4.68. The third-order valence-electron chi connectivity index (χ3n) is 1.93. The highest BCUT2D eigenvalue weighted by Gasteiger charge is 2.17. The number of rotatable bonds is 2. The Morgan fingerprint density at radius 1 is 1.47 bits per heavy atom. The van der Waals surface area contributed by atoms with Crippen molar-refractivity contribution >= 4 is 11.8 Å². The zero-order chi connectivity index (χ0) is 13.1. The van der Waals surface area contributed by atoms with Crippen LogP contribution in [0.4, 0.5) is 10.5 Å². The van der Waals surface area contributed by atoms with Crippen LogP contribution < -0.4 is 11.1 Å². The van der Waals surface area contributed by atoms with Crippen LogP contribution in [-0.4, -0.2) is 16.8 Å². The molecule has 0 heterocycles. The summed E-state index contributed by atoms with van der Waals surface area (Å²) >= 11 is 0. The van der Waals surface area contributed by atoms with E-state index in [9.17, 15) is 9.90 Å². The van der Waals surface area contributed by atoms with Gasteiger partial charge in [0.1, 0.15) is 11.4 Å². The summed E-state index contributed by atoms with van der Waals surface area (Å²) in [5.41, 5.74) is 5.95. The minimum atomic E-state index is -0.603. The lowest BCUT2D eigenvalue weighted by molar-refractivity contribution is 0.0635. The van der Waals surface area contributed by atoms with Crippen molar-refractivity contribution in [3.05, 3.63) is 23.8 Å². The molecule has 17 heavy (non-hydrogen) atoms. The molecule has 0 aliphatic heterocycles. The largest absolute Gasteiger partial charge is 0.506 e. The molecule has 0 aliphatic carbocycles. The van der Waals surface area contributed by atoms with Crippen LogP contribution >= 0.6 is 0 Å². The maximum Gasteiger partial charge on any atom is 0.412 e. The highest BCUT2D eigenvalue weighted by atomic mass is 16.6. The fourth-order valence-electron chi connectivity index (χ4n) is 1.22. The molecule has 0 fully saturated rings. The number of carbonyl (C=O) groups is 1. The molecule has 0 radical (unpaired) electrons. The van der Waals surface area contributed by atoms with Gasteiger partial charge in [-0.2, -0.15) is 0 Å². The Bertz CT molecular complexity index is 411. The van der Waals surface area contributed by atoms with E-state index in [1.165, 1.54) is 6.07 Å². The lowest BCUT2D eigenvalue weighted by atomic mass is 10.2. The number of carbonyl (C=O) groups excluding carboxylic acids is 1. The molecule has 1 aromatic carbocycles. The van der Waals surface area contributed by atoms with E-state index < -0.39 is 11.7 Å². The summed E-state index contributed by atoms with van der Waals surface area (Å²) < 4.78 is 5.07. The van der Waals surface area contributed by atoms with Gasteiger partial charge in [-0.05, 0) is 38.5 Å². The first-order chi connectivity index (χ1) is 7.81. The highest BCUT2D eigenvalue weighted by molar-refractivity contribution is 5.86. The van der Waals surface area contributed by atoms with Crippen molar-refractivity contribution in [3.63, 3.8) is 0 Å². The molecule has 0 bridgehead atoms. The van der Waals surface area contributed by atoms with E-state index in [-0.39, 0.29) is 5.75 Å². The second kappa shape index (κ2) is 5.05. The van der Waals surface area contributed by atoms with Crippen molar-refractivity contribution in [1.82, 2.24) is 0 Å². The van der Waals surface area contributed by atoms with E-state index in [1.807, 2.05) is 0 Å². The van der Waals surface area contributed by atoms with E-state index in [0.717, 1.165) is 5.56 Å². The molecule has 1 aromatic rings. The average Bonchev–Trinajstić information content (AvgIpc) is 2.18. The fourth-order valence-corrected chi connectivity index (χ4v) is 1.22. The highest BCUT2D eigenvalue weighted by Crippen LogP contribution is 2.24. The van der Waals surface area contributed by atoms with Crippen molar-refractivity contribution in [2.75, 3.05) is 5.32 Å². The van der Waals surface area contributed by atoms with Crippen molar-refractivity contribution in [3.8, 4) is 5.75 Å². The summed E-state index contributed by atoms with van der Waals surface area (Å²) in [6, 6.07) is 4.82. The van der Waals surface area contributed by atoms with Crippen LogP contribution in [0.25, 0.3) is 0 Å². The zero-order valence-electron chi connectivity index (χ0n) is 10.3. The summed E-state index contributed by atoms with van der Waals surface area (Å²) in [4.78, 5) is 11.5. The molecule has 5 heteroatoms. The van der Waals surface area contributed by atoms with E-state index in [0.29, 0.717) is 12.2 Å². The lowest BCUT2D eigenvalue weighted by Gasteiger charge is -2.20. The minimum absolute atomic E-state index is 0.0289. The van der Waals surface area contributed by atoms with Gasteiger partial charge in [0.15, 0.2) is 0 Å². The van der Waals surface area contributed by atoms with Crippen LogP contribution in [-0.2, 0) is 11.3 Å². The van der Waals surface area contributed by atoms with Gasteiger partial charge in [-0.25, -0.2) is 4.79 Å². The third kappa shape index (κ3) is 4.32. The third-order valence-corrected chi connectivity index (χ3v) is 1.93. The Morgan fingerprint density at radius 2 is 2.12 bits per heavy atom. The van der Waals surface area contributed by atoms with Gasteiger partial charge in [0.05, 0.1) is 5.69 Å². The average molecular weight is 238 g/mol. The predicted molar refractivity (Wildman–Crippen MR) is 65.9 cm³/mol. The summed E-state index contributed by atoms with van der Waals surface area (Å²) in [6.07, 6.45) is -0.603. The normalized spacial score (nSPS) is 11.1. The number of ether oxygens (including phenoxy) is 1. The van der Waals surface area contributed by atoms with Gasteiger partial charge in [-0.3, -0.25) is 5.32 Å². The number of nitrogens with two attached hydrogens (primary N) is 1. The first kappa shape index (κ1) is 13.3. The van der Waals surface area contributed by atoms with Crippen molar-refractivity contribution in [2.24, 2.45) is 5.73 Å². The summed E-state index contributed by atoms with van der Waals surface area (Å²) in [5, 5.41) is 12.1. The van der Waals surface area contributed by atoms with Gasteiger partial charge in [0.2, 0.25) is 0 Å². The molecule has 0 spiro atoms. The first-order valence-corrected chi connectivity index (χ1v) is 5.34. The molecule has 4 N–H and O–H groups in total. The minimum Gasteiger partial charge on any atom is -0.506 e. The summed E-state index contributed by atoms with van der Waals surface area (Å²) in [5.74, 6) is -0.0289. The Hall–Kier alpha value is -1.75. The summed E-state index contributed by atoms with van der Waals surface area (Å²) in [6.45, 7) is 5.64. The number of nitrogens with one attached hydrogen (secondary N) is 1. The number of hydrogen-bond acceptors (Lipinski definition) is 4. The van der Waals surface area contributed by atoms with Gasteiger partial charge in [-0.1, -0.05) is 6.07 Å². The molecule has 0 unspecified atom stereocenters. The number of benzene rings is 1. The first-order valence-electron chi connectivity index (χ1n) is 5.34. The Balaban J connectivity index is 2.72. The monoisotopic (exact) mass is 238 g/mol. The maximum atomic E-state index is 11.5. The van der Waals surface area contributed by atoms with Gasteiger partial charge in [0.25, 0.3) is 0 Å². The number of aromatic hydroxyl groups is 1. The topological polar surface area (TPSA) is 84.6 Å². The molecule has 1 amide bonds. The van der Waals surface area contributed by atoms with Crippen LogP contribution in [0, 0.1) is 0 Å². The van der Waals surface area contributed by atoms with Crippen molar-refractivity contribution in [2.45, 2.75) is 32.9 Å².